The summed E-state index contributed by atoms with van der Waals surface area (Å²) in [5.41, 5.74) is 3.26. The fourth-order valence-electron chi connectivity index (χ4n) is 4.69. The lowest BCUT2D eigenvalue weighted by Gasteiger charge is -2.27. The molecule has 0 atom stereocenters. The molecule has 0 radical (unpaired) electrons. The first kappa shape index (κ1) is 22.3. The van der Waals surface area contributed by atoms with Gasteiger partial charge in [0.25, 0.3) is 0 Å². The number of hydrogen-bond acceptors (Lipinski definition) is 4. The number of aldehydes is 1. The summed E-state index contributed by atoms with van der Waals surface area (Å²) in [6, 6.07) is 14.4. The second-order valence-corrected chi connectivity index (χ2v) is 8.82. The molecule has 1 N–H and O–H groups in total. The Bertz CT molecular complexity index is 1290. The van der Waals surface area contributed by atoms with Crippen LogP contribution in [0.5, 0.6) is 0 Å². The number of H-pyrrole nitrogens is 1. The minimum Gasteiger partial charge on any atom is -0.337 e. The number of pyridine rings is 2. The maximum atomic E-state index is 12.9. The van der Waals surface area contributed by atoms with Gasteiger partial charge in [-0.2, -0.15) is 13.2 Å². The number of carbonyl (C=O) groups excluding carboxylic acids is 1. The molecule has 0 aliphatic heterocycles. The first-order valence-corrected chi connectivity index (χ1v) is 11.3. The van der Waals surface area contributed by atoms with E-state index in [-0.39, 0.29) is 5.65 Å². The topological polar surface area (TPSA) is 71.5 Å². The van der Waals surface area contributed by atoms with Gasteiger partial charge in [-0.15, -0.1) is 0 Å². The van der Waals surface area contributed by atoms with Gasteiger partial charge in [0.05, 0.1) is 11.2 Å². The minimum absolute atomic E-state index is 0.0182. The Labute approximate surface area is 194 Å². The van der Waals surface area contributed by atoms with Crippen LogP contribution in [0.1, 0.15) is 49.3 Å². The van der Waals surface area contributed by atoms with Crippen LogP contribution in [0.15, 0.2) is 54.7 Å². The molecule has 8 heteroatoms. The molecule has 1 saturated carbocycles. The van der Waals surface area contributed by atoms with E-state index in [1.54, 1.807) is 6.20 Å². The predicted molar refractivity (Wildman–Crippen MR) is 123 cm³/mol. The molecular formula is C26H23F3N4O. The molecule has 0 unspecified atom stereocenters. The highest BCUT2D eigenvalue weighted by molar-refractivity contribution is 5.76. The van der Waals surface area contributed by atoms with Gasteiger partial charge >= 0.3 is 6.18 Å². The van der Waals surface area contributed by atoms with Gasteiger partial charge in [-0.25, -0.2) is 9.97 Å². The SMILES string of the molecule is O=CCC1CCC(c2ccc(-c3ccc(-c4nc5nc(C(F)(F)F)ccc5[nH]4)cn3)cc2)CC1. The summed E-state index contributed by atoms with van der Waals surface area (Å²) in [6.07, 6.45) is 3.27. The average molecular weight is 464 g/mol. The Morgan fingerprint density at radius 2 is 1.65 bits per heavy atom. The van der Waals surface area contributed by atoms with E-state index in [2.05, 4.69) is 44.2 Å². The number of nitrogens with zero attached hydrogens (tertiary/aromatic N) is 3. The summed E-state index contributed by atoms with van der Waals surface area (Å²) in [6.45, 7) is 0. The third-order valence-electron chi connectivity index (χ3n) is 6.63. The van der Waals surface area contributed by atoms with Gasteiger partial charge in [-0.05, 0) is 67.3 Å². The fraction of sp³-hybridized carbons (Fsp3) is 0.308. The number of nitrogens with one attached hydrogen (secondary N) is 1. The number of aromatic nitrogens is 4. The largest absolute Gasteiger partial charge is 0.433 e. The van der Waals surface area contributed by atoms with Crippen LogP contribution in [0.4, 0.5) is 13.2 Å². The normalized spacial score (nSPS) is 18.8. The standard InChI is InChI=1S/C26H23F3N4O/c27-26(28,29)23-12-11-22-25(32-23)33-24(31-22)20-9-10-21(30-15-20)19-7-5-18(6-8-19)17-3-1-16(2-4-17)13-14-34/h5-12,14-17H,1-4,13H2,(H,31,32,33). The molecule has 1 fully saturated rings. The molecule has 174 valence electrons. The van der Waals surface area contributed by atoms with Gasteiger partial charge in [-0.3, -0.25) is 4.98 Å². The molecule has 5 nitrogen and oxygen atoms in total. The van der Waals surface area contributed by atoms with Crippen LogP contribution in [0.3, 0.4) is 0 Å². The van der Waals surface area contributed by atoms with Crippen molar-refractivity contribution in [3.05, 3.63) is 66.0 Å². The zero-order valence-electron chi connectivity index (χ0n) is 18.3. The van der Waals surface area contributed by atoms with Crippen LogP contribution >= 0.6 is 0 Å². The Morgan fingerprint density at radius 3 is 2.29 bits per heavy atom. The van der Waals surface area contributed by atoms with Crippen LogP contribution < -0.4 is 0 Å². The first-order valence-electron chi connectivity index (χ1n) is 11.3. The molecule has 3 aromatic heterocycles. The molecule has 1 aliphatic carbocycles. The van der Waals surface area contributed by atoms with Gasteiger partial charge in [0.2, 0.25) is 0 Å². The van der Waals surface area contributed by atoms with E-state index in [9.17, 15) is 18.0 Å². The van der Waals surface area contributed by atoms with Crippen LogP contribution in [0.2, 0.25) is 0 Å². The van der Waals surface area contributed by atoms with E-state index in [4.69, 9.17) is 0 Å². The van der Waals surface area contributed by atoms with E-state index in [1.807, 2.05) is 12.1 Å². The molecular weight excluding hydrogens is 441 g/mol. The molecule has 3 heterocycles. The second-order valence-electron chi connectivity index (χ2n) is 8.82. The number of alkyl halides is 3. The van der Waals surface area contributed by atoms with Crippen molar-refractivity contribution in [1.82, 2.24) is 19.9 Å². The molecule has 34 heavy (non-hydrogen) atoms. The van der Waals surface area contributed by atoms with Gasteiger partial charge in [0.15, 0.2) is 5.65 Å². The number of halogens is 3. The Hall–Kier alpha value is -3.55. The number of fused-ring (bicyclic) bond motifs is 1. The summed E-state index contributed by atoms with van der Waals surface area (Å²) in [4.78, 5) is 26.1. The van der Waals surface area contributed by atoms with Crippen LogP contribution in [0.25, 0.3) is 33.8 Å². The highest BCUT2D eigenvalue weighted by Crippen LogP contribution is 2.37. The highest BCUT2D eigenvalue weighted by Gasteiger charge is 2.32. The lowest BCUT2D eigenvalue weighted by Crippen LogP contribution is -2.13. The van der Waals surface area contributed by atoms with Crippen LogP contribution in [0, 0.1) is 5.92 Å². The second kappa shape index (κ2) is 9.00. The van der Waals surface area contributed by atoms with Crippen molar-refractivity contribution in [2.75, 3.05) is 0 Å². The first-order chi connectivity index (χ1) is 16.4. The zero-order chi connectivity index (χ0) is 23.7. The molecule has 0 spiro atoms. The third-order valence-corrected chi connectivity index (χ3v) is 6.63. The van der Waals surface area contributed by atoms with Crippen molar-refractivity contribution in [3.8, 4) is 22.6 Å². The lowest BCUT2D eigenvalue weighted by atomic mass is 9.77. The summed E-state index contributed by atoms with van der Waals surface area (Å²) >= 11 is 0. The van der Waals surface area contributed by atoms with E-state index in [0.29, 0.717) is 35.2 Å². The van der Waals surface area contributed by atoms with Crippen molar-refractivity contribution in [1.29, 1.82) is 0 Å². The van der Waals surface area contributed by atoms with Gasteiger partial charge < -0.3 is 9.78 Å². The molecule has 4 aromatic rings. The monoisotopic (exact) mass is 464 g/mol. The Kier molecular flexibility index (Phi) is 5.89. The zero-order valence-corrected chi connectivity index (χ0v) is 18.3. The van der Waals surface area contributed by atoms with E-state index in [0.717, 1.165) is 49.3 Å². The van der Waals surface area contributed by atoms with Gasteiger partial charge in [0.1, 0.15) is 17.8 Å². The predicted octanol–water partition coefficient (Wildman–Crippen LogP) is 6.57. The van der Waals surface area contributed by atoms with Crippen molar-refractivity contribution in [2.24, 2.45) is 5.92 Å². The van der Waals surface area contributed by atoms with Crippen LogP contribution in [-0.4, -0.2) is 26.2 Å². The van der Waals surface area contributed by atoms with Crippen molar-refractivity contribution in [3.63, 3.8) is 0 Å². The molecule has 0 bridgehead atoms. The molecule has 0 amide bonds. The Balaban J connectivity index is 1.30. The summed E-state index contributed by atoms with van der Waals surface area (Å²) < 4.78 is 38.7. The maximum Gasteiger partial charge on any atom is 0.433 e. The van der Waals surface area contributed by atoms with Gasteiger partial charge in [0, 0.05) is 23.7 Å². The summed E-state index contributed by atoms with van der Waals surface area (Å²) in [7, 11) is 0. The number of hydrogen-bond donors (Lipinski definition) is 1. The van der Waals surface area contributed by atoms with Gasteiger partial charge in [-0.1, -0.05) is 24.3 Å². The summed E-state index contributed by atoms with van der Waals surface area (Å²) in [5.74, 6) is 1.48. The average Bonchev–Trinajstić information content (AvgIpc) is 3.28. The third kappa shape index (κ3) is 4.58. The number of benzene rings is 1. The van der Waals surface area contributed by atoms with Crippen molar-refractivity contribution in [2.45, 2.75) is 44.2 Å². The fourth-order valence-corrected chi connectivity index (χ4v) is 4.69. The number of imidazole rings is 1. The number of rotatable bonds is 5. The van der Waals surface area contributed by atoms with Crippen LogP contribution in [-0.2, 0) is 11.0 Å². The smallest absolute Gasteiger partial charge is 0.337 e. The number of carbonyl (C=O) groups is 1. The van der Waals surface area contributed by atoms with Crippen molar-refractivity contribution >= 4 is 17.5 Å². The maximum absolute atomic E-state index is 12.9. The van der Waals surface area contributed by atoms with E-state index in [1.165, 1.54) is 11.6 Å². The molecule has 1 aliphatic rings. The minimum atomic E-state index is -4.51. The Morgan fingerprint density at radius 1 is 0.912 bits per heavy atom. The molecule has 1 aromatic carbocycles. The van der Waals surface area contributed by atoms with Crippen molar-refractivity contribution < 1.29 is 18.0 Å². The van der Waals surface area contributed by atoms with E-state index < -0.39 is 11.9 Å². The molecule has 0 saturated heterocycles. The quantitative estimate of drug-likeness (QED) is 0.339. The lowest BCUT2D eigenvalue weighted by molar-refractivity contribution is -0.141. The highest BCUT2D eigenvalue weighted by atomic mass is 19.4. The summed E-state index contributed by atoms with van der Waals surface area (Å²) in [5, 5.41) is 0. The van der Waals surface area contributed by atoms with E-state index >= 15 is 0 Å². The number of aromatic amines is 1. The molecule has 5 rings (SSSR count).